The second-order valence-electron chi connectivity index (χ2n) is 5.06. The molecular weight excluding hydrogens is 320 g/mol. The number of benzene rings is 1. The molecule has 22 heavy (non-hydrogen) atoms. The number of hydrogen-bond acceptors (Lipinski definition) is 4. The normalized spacial score (nSPS) is 12.8. The summed E-state index contributed by atoms with van der Waals surface area (Å²) in [5.41, 5.74) is 1.12. The number of carbonyl (C=O) groups excluding carboxylic acids is 1. The average molecular weight is 338 g/mol. The number of primary sulfonamides is 1. The van der Waals surface area contributed by atoms with Crippen molar-refractivity contribution in [2.24, 2.45) is 5.14 Å². The quantitative estimate of drug-likeness (QED) is 0.846. The van der Waals surface area contributed by atoms with Crippen LogP contribution in [-0.2, 0) is 21.4 Å². The van der Waals surface area contributed by atoms with Gasteiger partial charge in [-0.1, -0.05) is 37.3 Å². The van der Waals surface area contributed by atoms with Crippen molar-refractivity contribution in [3.8, 4) is 0 Å². The number of sulfonamides is 1. The lowest BCUT2D eigenvalue weighted by atomic mass is 9.98. The van der Waals surface area contributed by atoms with Crippen molar-refractivity contribution in [3.63, 3.8) is 0 Å². The van der Waals surface area contributed by atoms with E-state index < -0.39 is 10.0 Å². The molecule has 2 rings (SSSR count). The van der Waals surface area contributed by atoms with Crippen LogP contribution < -0.4 is 10.5 Å². The molecule has 0 saturated heterocycles. The minimum Gasteiger partial charge on any atom is -0.351 e. The van der Waals surface area contributed by atoms with Crippen LogP contribution in [0.1, 0.15) is 29.7 Å². The van der Waals surface area contributed by atoms with Gasteiger partial charge in [0.25, 0.3) is 0 Å². The zero-order valence-electron chi connectivity index (χ0n) is 12.2. The number of rotatable bonds is 6. The standard InChI is InChI=1S/C15H18N2O3S2/c1-11(12-5-3-2-4-6-12)9-14(18)17-10-13-7-8-15(21-13)22(16,19)20/h2-8,11H,9-10H2,1H3,(H,17,18)(H2,16,19,20). The Bertz CT molecular complexity index is 739. The first kappa shape index (κ1) is 16.7. The van der Waals surface area contributed by atoms with E-state index >= 15 is 0 Å². The molecule has 3 N–H and O–H groups in total. The van der Waals surface area contributed by atoms with E-state index in [9.17, 15) is 13.2 Å². The van der Waals surface area contributed by atoms with Gasteiger partial charge in [0, 0.05) is 11.3 Å². The highest BCUT2D eigenvalue weighted by Crippen LogP contribution is 2.21. The molecule has 1 aromatic carbocycles. The molecule has 1 aromatic heterocycles. The zero-order chi connectivity index (χ0) is 16.2. The van der Waals surface area contributed by atoms with Crippen LogP contribution in [-0.4, -0.2) is 14.3 Å². The summed E-state index contributed by atoms with van der Waals surface area (Å²) in [6, 6.07) is 12.9. The van der Waals surface area contributed by atoms with Crippen LogP contribution in [0.5, 0.6) is 0 Å². The Kier molecular flexibility index (Phi) is 5.33. The Balaban J connectivity index is 1.87. The van der Waals surface area contributed by atoms with E-state index in [2.05, 4.69) is 5.32 Å². The molecular formula is C15H18N2O3S2. The highest BCUT2D eigenvalue weighted by Gasteiger charge is 2.13. The highest BCUT2D eigenvalue weighted by atomic mass is 32.2. The van der Waals surface area contributed by atoms with Crippen molar-refractivity contribution in [1.82, 2.24) is 5.32 Å². The molecule has 0 saturated carbocycles. The molecule has 118 valence electrons. The average Bonchev–Trinajstić information content (AvgIpc) is 2.95. The van der Waals surface area contributed by atoms with Crippen LogP contribution in [0.25, 0.3) is 0 Å². The maximum atomic E-state index is 12.0. The van der Waals surface area contributed by atoms with Crippen LogP contribution in [0.3, 0.4) is 0 Å². The molecule has 1 atom stereocenters. The SMILES string of the molecule is CC(CC(=O)NCc1ccc(S(N)(=O)=O)s1)c1ccccc1. The molecule has 7 heteroatoms. The topological polar surface area (TPSA) is 89.3 Å². The number of amides is 1. The third-order valence-electron chi connectivity index (χ3n) is 3.24. The third kappa shape index (κ3) is 4.66. The fourth-order valence-corrected chi connectivity index (χ4v) is 3.76. The van der Waals surface area contributed by atoms with Gasteiger partial charge in [-0.25, -0.2) is 13.6 Å². The second-order valence-corrected chi connectivity index (χ2v) is 8.01. The van der Waals surface area contributed by atoms with Gasteiger partial charge < -0.3 is 5.32 Å². The molecule has 0 aliphatic carbocycles. The van der Waals surface area contributed by atoms with Gasteiger partial charge in [0.1, 0.15) is 4.21 Å². The molecule has 0 radical (unpaired) electrons. The van der Waals surface area contributed by atoms with Crippen molar-refractivity contribution in [2.45, 2.75) is 30.0 Å². The van der Waals surface area contributed by atoms with Gasteiger partial charge in [0.05, 0.1) is 6.54 Å². The summed E-state index contributed by atoms with van der Waals surface area (Å²) in [7, 11) is -3.67. The first-order valence-corrected chi connectivity index (χ1v) is 9.15. The van der Waals surface area contributed by atoms with Gasteiger partial charge in [-0.3, -0.25) is 4.79 Å². The van der Waals surface area contributed by atoms with E-state index in [0.29, 0.717) is 13.0 Å². The number of hydrogen-bond donors (Lipinski definition) is 2. The molecule has 1 heterocycles. The number of carbonyl (C=O) groups is 1. The van der Waals surface area contributed by atoms with Gasteiger partial charge in [-0.05, 0) is 23.6 Å². The number of thiophene rings is 1. The first-order chi connectivity index (χ1) is 10.4. The monoisotopic (exact) mass is 338 g/mol. The largest absolute Gasteiger partial charge is 0.351 e. The van der Waals surface area contributed by atoms with Crippen LogP contribution in [0, 0.1) is 0 Å². The first-order valence-electron chi connectivity index (χ1n) is 6.79. The Labute approximate surface area is 134 Å². The van der Waals surface area contributed by atoms with Crippen LogP contribution >= 0.6 is 11.3 Å². The molecule has 1 amide bonds. The number of nitrogens with one attached hydrogen (secondary N) is 1. The van der Waals surface area contributed by atoms with E-state index in [1.807, 2.05) is 37.3 Å². The lowest BCUT2D eigenvalue weighted by molar-refractivity contribution is -0.121. The van der Waals surface area contributed by atoms with E-state index in [4.69, 9.17) is 5.14 Å². The summed E-state index contributed by atoms with van der Waals surface area (Å²) >= 11 is 1.07. The summed E-state index contributed by atoms with van der Waals surface area (Å²) in [5, 5.41) is 7.85. The van der Waals surface area contributed by atoms with Gasteiger partial charge in [-0.15, -0.1) is 11.3 Å². The number of nitrogens with two attached hydrogens (primary N) is 1. The molecule has 0 fully saturated rings. The van der Waals surface area contributed by atoms with Crippen molar-refractivity contribution >= 4 is 27.3 Å². The van der Waals surface area contributed by atoms with Crippen molar-refractivity contribution in [3.05, 3.63) is 52.9 Å². The Morgan fingerprint density at radius 3 is 2.50 bits per heavy atom. The second kappa shape index (κ2) is 7.04. The van der Waals surface area contributed by atoms with Gasteiger partial charge in [-0.2, -0.15) is 0 Å². The Hall–Kier alpha value is -1.70. The van der Waals surface area contributed by atoms with Gasteiger partial charge >= 0.3 is 0 Å². The maximum absolute atomic E-state index is 12.0. The van der Waals surface area contributed by atoms with E-state index in [0.717, 1.165) is 21.8 Å². The van der Waals surface area contributed by atoms with Crippen LogP contribution in [0.2, 0.25) is 0 Å². The summed E-state index contributed by atoms with van der Waals surface area (Å²) < 4.78 is 22.5. The predicted molar refractivity (Wildman–Crippen MR) is 87.0 cm³/mol. The maximum Gasteiger partial charge on any atom is 0.247 e. The van der Waals surface area contributed by atoms with Crippen molar-refractivity contribution in [2.75, 3.05) is 0 Å². The zero-order valence-corrected chi connectivity index (χ0v) is 13.8. The van der Waals surface area contributed by atoms with Crippen molar-refractivity contribution in [1.29, 1.82) is 0 Å². The summed E-state index contributed by atoms with van der Waals surface area (Å²) in [5.74, 6) is 0.0615. The summed E-state index contributed by atoms with van der Waals surface area (Å²) in [6.07, 6.45) is 0.386. The van der Waals surface area contributed by atoms with E-state index in [1.54, 1.807) is 6.07 Å². The minimum absolute atomic E-state index is 0.0677. The summed E-state index contributed by atoms with van der Waals surface area (Å²) in [6.45, 7) is 2.31. The molecule has 2 aromatic rings. The molecule has 5 nitrogen and oxygen atoms in total. The molecule has 0 aliphatic rings. The lowest BCUT2D eigenvalue weighted by Crippen LogP contribution is -2.23. The molecule has 0 spiro atoms. The predicted octanol–water partition coefficient (Wildman–Crippen LogP) is 2.21. The fraction of sp³-hybridized carbons (Fsp3) is 0.267. The smallest absolute Gasteiger partial charge is 0.247 e. The third-order valence-corrected chi connectivity index (χ3v) is 5.76. The Morgan fingerprint density at radius 2 is 1.91 bits per heavy atom. The lowest BCUT2D eigenvalue weighted by Gasteiger charge is -2.11. The molecule has 1 unspecified atom stereocenters. The van der Waals surface area contributed by atoms with Crippen molar-refractivity contribution < 1.29 is 13.2 Å². The van der Waals surface area contributed by atoms with E-state index in [-0.39, 0.29) is 16.0 Å². The fourth-order valence-electron chi connectivity index (χ4n) is 2.04. The van der Waals surface area contributed by atoms with Gasteiger partial charge in [0.2, 0.25) is 15.9 Å². The van der Waals surface area contributed by atoms with Crippen LogP contribution in [0.15, 0.2) is 46.7 Å². The summed E-state index contributed by atoms with van der Waals surface area (Å²) in [4.78, 5) is 12.7. The Morgan fingerprint density at radius 1 is 1.23 bits per heavy atom. The highest BCUT2D eigenvalue weighted by molar-refractivity contribution is 7.91. The van der Waals surface area contributed by atoms with Crippen LogP contribution in [0.4, 0.5) is 0 Å². The van der Waals surface area contributed by atoms with Gasteiger partial charge in [0.15, 0.2) is 0 Å². The molecule has 0 bridgehead atoms. The van der Waals surface area contributed by atoms with E-state index in [1.165, 1.54) is 6.07 Å². The molecule has 0 aliphatic heterocycles. The minimum atomic E-state index is -3.67.